The van der Waals surface area contributed by atoms with E-state index in [4.69, 9.17) is 0 Å². The van der Waals surface area contributed by atoms with Gasteiger partial charge in [-0.3, -0.25) is 4.79 Å². The zero-order chi connectivity index (χ0) is 23.5. The molecule has 0 aliphatic carbocycles. The molecule has 0 saturated heterocycles. The molecule has 32 heavy (non-hydrogen) atoms. The van der Waals surface area contributed by atoms with Crippen LogP contribution < -0.4 is 16.0 Å². The number of carbonyl (C=O) groups excluding carboxylic acids is 1. The lowest BCUT2D eigenvalue weighted by Gasteiger charge is -2.22. The molecule has 0 aromatic carbocycles. The van der Waals surface area contributed by atoms with E-state index in [0.717, 1.165) is 6.20 Å². The first-order chi connectivity index (χ1) is 14.9. The minimum atomic E-state index is -4.53. The fraction of sp³-hybridized carbons (Fsp3) is 0.368. The summed E-state index contributed by atoms with van der Waals surface area (Å²) in [4.78, 5) is 25.6. The van der Waals surface area contributed by atoms with Gasteiger partial charge in [-0.25, -0.2) is 19.3 Å². The van der Waals surface area contributed by atoms with Gasteiger partial charge in [-0.1, -0.05) is 0 Å². The molecule has 0 aliphatic heterocycles. The molecular weight excluding hydrogens is 452 g/mol. The summed E-state index contributed by atoms with van der Waals surface area (Å²) in [5.74, 6) is -0.314. The van der Waals surface area contributed by atoms with Gasteiger partial charge >= 0.3 is 6.18 Å². The van der Waals surface area contributed by atoms with E-state index in [1.54, 1.807) is 17.6 Å². The van der Waals surface area contributed by atoms with Crippen molar-refractivity contribution in [1.82, 2.24) is 20.3 Å². The quantitative estimate of drug-likeness (QED) is 0.370. The van der Waals surface area contributed by atoms with Crippen LogP contribution in [0.15, 0.2) is 29.9 Å². The Kier molecular flexibility index (Phi) is 6.79. The largest absolute Gasteiger partial charge is 0.405 e. The summed E-state index contributed by atoms with van der Waals surface area (Å²) in [5.41, 5.74) is 0.267. The summed E-state index contributed by atoms with van der Waals surface area (Å²) in [6.07, 6.45) is -5.24. The van der Waals surface area contributed by atoms with E-state index in [0.29, 0.717) is 16.2 Å². The van der Waals surface area contributed by atoms with Crippen molar-refractivity contribution in [1.29, 1.82) is 0 Å². The SMILES string of the molecule is CC(C)(O)C(F)CNC(=O)c1cnc(Nc2ccc3ncsc3n2)cc1NCC(F)(F)F. The number of nitrogens with zero attached hydrogens (tertiary/aromatic N) is 3. The molecule has 8 nitrogen and oxygen atoms in total. The van der Waals surface area contributed by atoms with Gasteiger partial charge < -0.3 is 21.1 Å². The molecule has 0 saturated carbocycles. The molecule has 0 spiro atoms. The van der Waals surface area contributed by atoms with E-state index in [2.05, 4.69) is 30.9 Å². The van der Waals surface area contributed by atoms with Crippen molar-refractivity contribution < 1.29 is 27.5 Å². The molecule has 1 unspecified atom stereocenters. The van der Waals surface area contributed by atoms with Gasteiger partial charge in [-0.05, 0) is 26.0 Å². The molecule has 3 aromatic heterocycles. The lowest BCUT2D eigenvalue weighted by atomic mass is 10.0. The summed E-state index contributed by atoms with van der Waals surface area (Å²) in [6.45, 7) is 0.552. The van der Waals surface area contributed by atoms with Crippen molar-refractivity contribution in [3.05, 3.63) is 35.5 Å². The second-order valence-corrected chi connectivity index (χ2v) is 8.25. The highest BCUT2D eigenvalue weighted by molar-refractivity contribution is 7.16. The molecular formula is C19H20F4N6O2S. The lowest BCUT2D eigenvalue weighted by molar-refractivity contribution is -0.115. The van der Waals surface area contributed by atoms with Crippen molar-refractivity contribution in [3.63, 3.8) is 0 Å². The molecule has 4 N–H and O–H groups in total. The Morgan fingerprint density at radius 2 is 1.97 bits per heavy atom. The number of aliphatic hydroxyl groups is 1. The number of halogens is 4. The maximum atomic E-state index is 13.9. The van der Waals surface area contributed by atoms with Crippen LogP contribution in [-0.4, -0.2) is 57.0 Å². The number of thiazole rings is 1. The van der Waals surface area contributed by atoms with Crippen molar-refractivity contribution in [2.75, 3.05) is 23.7 Å². The average molecular weight is 472 g/mol. The molecule has 13 heteroatoms. The highest BCUT2D eigenvalue weighted by atomic mass is 32.1. The van der Waals surface area contributed by atoms with Crippen LogP contribution in [0.4, 0.5) is 34.9 Å². The molecule has 0 aliphatic rings. The number of pyridine rings is 2. The second kappa shape index (κ2) is 9.20. The van der Waals surface area contributed by atoms with Crippen molar-refractivity contribution in [3.8, 4) is 0 Å². The van der Waals surface area contributed by atoms with Gasteiger partial charge in [-0.2, -0.15) is 13.2 Å². The van der Waals surface area contributed by atoms with Crippen molar-refractivity contribution >= 4 is 44.9 Å². The van der Waals surface area contributed by atoms with Crippen LogP contribution in [0.1, 0.15) is 24.2 Å². The molecule has 3 heterocycles. The Morgan fingerprint density at radius 1 is 1.22 bits per heavy atom. The zero-order valence-corrected chi connectivity index (χ0v) is 17.8. The Hall–Kier alpha value is -3.06. The average Bonchev–Trinajstić information content (AvgIpc) is 3.17. The van der Waals surface area contributed by atoms with Gasteiger partial charge in [0.2, 0.25) is 0 Å². The third-order valence-corrected chi connectivity index (χ3v) is 5.02. The molecule has 0 bridgehead atoms. The second-order valence-electron chi connectivity index (χ2n) is 7.41. The number of alkyl halides is 4. The number of hydrogen-bond donors (Lipinski definition) is 4. The number of amides is 1. The minimum absolute atomic E-state index is 0.141. The molecule has 172 valence electrons. The molecule has 1 atom stereocenters. The first-order valence-electron chi connectivity index (χ1n) is 9.35. The van der Waals surface area contributed by atoms with Gasteiger partial charge in [0, 0.05) is 12.3 Å². The minimum Gasteiger partial charge on any atom is -0.387 e. The number of aromatic nitrogens is 3. The van der Waals surface area contributed by atoms with Gasteiger partial charge in [0.1, 0.15) is 34.7 Å². The van der Waals surface area contributed by atoms with Crippen LogP contribution in [0.5, 0.6) is 0 Å². The van der Waals surface area contributed by atoms with E-state index in [9.17, 15) is 27.5 Å². The Bertz CT molecular complexity index is 1100. The van der Waals surface area contributed by atoms with Gasteiger partial charge in [0.25, 0.3) is 5.91 Å². The molecule has 3 rings (SSSR count). The molecule has 1 amide bonds. The predicted molar refractivity (Wildman–Crippen MR) is 113 cm³/mol. The monoisotopic (exact) mass is 472 g/mol. The Labute approximate surface area is 184 Å². The first-order valence-corrected chi connectivity index (χ1v) is 10.2. The summed E-state index contributed by atoms with van der Waals surface area (Å²) >= 11 is 1.32. The number of hydrogen-bond acceptors (Lipinski definition) is 8. The van der Waals surface area contributed by atoms with E-state index >= 15 is 0 Å². The van der Waals surface area contributed by atoms with Crippen LogP contribution in [-0.2, 0) is 0 Å². The van der Waals surface area contributed by atoms with E-state index in [1.165, 1.54) is 31.3 Å². The van der Waals surface area contributed by atoms with Crippen LogP contribution in [0, 0.1) is 0 Å². The lowest BCUT2D eigenvalue weighted by Crippen LogP contribution is -2.42. The number of fused-ring (bicyclic) bond motifs is 1. The highest BCUT2D eigenvalue weighted by Crippen LogP contribution is 2.25. The standard InChI is InChI=1S/C19H20F4N6O2S/c1-18(2,31)13(20)7-25-16(30)10-6-24-15(5-12(10)26-8-19(21,22)23)28-14-4-3-11-17(29-14)32-9-27-11/h3-6,9,13,31H,7-8H2,1-2H3,(H,25,30)(H2,24,26,28,29). The maximum absolute atomic E-state index is 13.9. The summed E-state index contributed by atoms with van der Waals surface area (Å²) < 4.78 is 52.1. The van der Waals surface area contributed by atoms with E-state index < -0.39 is 36.9 Å². The number of carbonyl (C=O) groups is 1. The van der Waals surface area contributed by atoms with Crippen LogP contribution in [0.3, 0.4) is 0 Å². The van der Waals surface area contributed by atoms with Gasteiger partial charge in [0.15, 0.2) is 0 Å². The fourth-order valence-electron chi connectivity index (χ4n) is 2.53. The molecule has 0 radical (unpaired) electrons. The van der Waals surface area contributed by atoms with E-state index in [-0.39, 0.29) is 17.1 Å². The summed E-state index contributed by atoms with van der Waals surface area (Å²) in [7, 11) is 0. The topological polar surface area (TPSA) is 112 Å². The number of nitrogens with one attached hydrogen (secondary N) is 3. The Balaban J connectivity index is 1.81. The van der Waals surface area contributed by atoms with Crippen LogP contribution >= 0.6 is 11.3 Å². The van der Waals surface area contributed by atoms with Gasteiger partial charge in [-0.15, -0.1) is 11.3 Å². The third-order valence-electron chi connectivity index (χ3n) is 4.29. The summed E-state index contributed by atoms with van der Waals surface area (Å²) in [5, 5.41) is 16.9. The first kappa shape index (κ1) is 23.6. The maximum Gasteiger partial charge on any atom is 0.405 e. The molecule has 3 aromatic rings. The van der Waals surface area contributed by atoms with Crippen molar-refractivity contribution in [2.24, 2.45) is 0 Å². The summed E-state index contributed by atoms with van der Waals surface area (Å²) in [6, 6.07) is 4.58. The third kappa shape index (κ3) is 6.23. The van der Waals surface area contributed by atoms with E-state index in [1.807, 2.05) is 0 Å². The predicted octanol–water partition coefficient (Wildman–Crippen LogP) is 3.64. The Morgan fingerprint density at radius 3 is 2.66 bits per heavy atom. The van der Waals surface area contributed by atoms with Crippen LogP contribution in [0.25, 0.3) is 10.3 Å². The highest BCUT2D eigenvalue weighted by Gasteiger charge is 2.29. The smallest absolute Gasteiger partial charge is 0.387 e. The van der Waals surface area contributed by atoms with Crippen molar-refractivity contribution in [2.45, 2.75) is 31.8 Å². The normalized spacial score (nSPS) is 13.1. The van der Waals surface area contributed by atoms with Crippen LogP contribution in [0.2, 0.25) is 0 Å². The number of anilines is 3. The molecule has 0 fully saturated rings. The fourth-order valence-corrected chi connectivity index (χ4v) is 3.18. The number of rotatable bonds is 8. The van der Waals surface area contributed by atoms with Gasteiger partial charge in [0.05, 0.1) is 28.9 Å². The zero-order valence-electron chi connectivity index (χ0n) is 17.0.